The second-order valence-corrected chi connectivity index (χ2v) is 14.8. The van der Waals surface area contributed by atoms with Crippen LogP contribution in [0.3, 0.4) is 0 Å². The second-order valence-electron chi connectivity index (χ2n) is 10.3. The molecule has 10 nitrogen and oxygen atoms in total. The lowest BCUT2D eigenvalue weighted by Crippen LogP contribution is -2.30. The lowest BCUT2D eigenvalue weighted by molar-refractivity contribution is 0.0649. The lowest BCUT2D eigenvalue weighted by atomic mass is 10.1. The van der Waals surface area contributed by atoms with Crippen molar-refractivity contribution in [2.45, 2.75) is 70.4 Å². The molecule has 0 bridgehead atoms. The predicted molar refractivity (Wildman–Crippen MR) is 146 cm³/mol. The summed E-state index contributed by atoms with van der Waals surface area (Å²) in [5, 5.41) is -1.21. The molecule has 0 spiro atoms. The standard InChI is InChI=1S/C27H34FNO9P2/c1-16-17(2)36-39(32,35-16)27(40(33)37-18(3)19(4)38-40)20-11-12-23(28)24(15-20)34-14-8-7-13-29-25(30)21-9-5-6-10-22(21)26(29)31/h5-6,9-12,15-19,27,32-33H,7-8,13-14H2,1-4H3/q+2/t16-,17+,18-,19+,27?,39?,40?. The molecule has 40 heavy (non-hydrogen) atoms. The maximum Gasteiger partial charge on any atom is 0.465 e. The van der Waals surface area contributed by atoms with E-state index in [4.69, 9.17) is 22.8 Å². The Morgan fingerprint density at radius 2 is 1.35 bits per heavy atom. The number of hydrogen-bond donors (Lipinski definition) is 2. The highest BCUT2D eigenvalue weighted by Gasteiger charge is 2.78. The Kier molecular flexibility index (Phi) is 8.32. The molecule has 2 aromatic carbocycles. The molecule has 0 aromatic heterocycles. The third-order valence-corrected chi connectivity index (χ3v) is 13.5. The van der Waals surface area contributed by atoms with Crippen LogP contribution in [0.5, 0.6) is 5.75 Å². The van der Waals surface area contributed by atoms with Crippen molar-refractivity contribution in [3.63, 3.8) is 0 Å². The molecule has 3 aliphatic heterocycles. The fourth-order valence-electron chi connectivity index (χ4n) is 4.92. The Morgan fingerprint density at radius 1 is 0.850 bits per heavy atom. The molecule has 6 atom stereocenters. The van der Waals surface area contributed by atoms with Crippen LogP contribution in [-0.2, 0) is 18.1 Å². The highest BCUT2D eigenvalue weighted by molar-refractivity contribution is 7.78. The predicted octanol–water partition coefficient (Wildman–Crippen LogP) is 5.44. The van der Waals surface area contributed by atoms with E-state index >= 15 is 0 Å². The van der Waals surface area contributed by atoms with Crippen molar-refractivity contribution in [1.29, 1.82) is 0 Å². The molecule has 216 valence electrons. The number of hydrogen-bond acceptors (Lipinski definition) is 9. The van der Waals surface area contributed by atoms with Gasteiger partial charge in [-0.3, -0.25) is 14.5 Å². The molecule has 2 saturated heterocycles. The SMILES string of the molecule is C[C@@H]1O[P+](O)(C(c2ccc(F)c(OCCCCN3C(=O)c4ccccc4C3=O)c2)[P+]2(O)O[C@@H](C)[C@@H](C)O2)O[C@@H]1C. The zero-order valence-electron chi connectivity index (χ0n) is 22.7. The number of benzene rings is 2. The zero-order valence-corrected chi connectivity index (χ0v) is 24.5. The molecule has 5 rings (SSSR count). The van der Waals surface area contributed by atoms with Crippen molar-refractivity contribution in [1.82, 2.24) is 4.90 Å². The molecule has 0 radical (unpaired) electrons. The number of fused-ring (bicyclic) bond motifs is 1. The van der Waals surface area contributed by atoms with Gasteiger partial charge in [0, 0.05) is 6.54 Å². The van der Waals surface area contributed by atoms with Gasteiger partial charge in [-0.2, -0.15) is 27.9 Å². The maximum atomic E-state index is 14.8. The molecule has 2 fully saturated rings. The van der Waals surface area contributed by atoms with Crippen molar-refractivity contribution < 1.29 is 46.6 Å². The minimum absolute atomic E-state index is 0.0954. The molecular weight excluding hydrogens is 563 g/mol. The lowest BCUT2D eigenvalue weighted by Gasteiger charge is -2.23. The Bertz CT molecular complexity index is 1210. The summed E-state index contributed by atoms with van der Waals surface area (Å²) in [7, 11) is -7.50. The third-order valence-electron chi connectivity index (χ3n) is 7.37. The first-order chi connectivity index (χ1) is 18.9. The fraction of sp³-hybridized carbons (Fsp3) is 0.481. The van der Waals surface area contributed by atoms with Crippen LogP contribution in [-0.4, -0.2) is 64.1 Å². The molecule has 2 amide bonds. The average Bonchev–Trinajstić information content (AvgIpc) is 3.42. The minimum Gasteiger partial charge on any atom is -0.491 e. The van der Waals surface area contributed by atoms with Gasteiger partial charge in [0.1, 0.15) is 24.4 Å². The summed E-state index contributed by atoms with van der Waals surface area (Å²) in [5.74, 6) is -1.38. The summed E-state index contributed by atoms with van der Waals surface area (Å²) in [4.78, 5) is 49.4. The molecular formula is C27H34FNO9P2+2. The van der Waals surface area contributed by atoms with Crippen LogP contribution in [0.1, 0.15) is 72.2 Å². The van der Waals surface area contributed by atoms with Crippen LogP contribution in [0.2, 0.25) is 0 Å². The Morgan fingerprint density at radius 3 is 1.85 bits per heavy atom. The zero-order chi connectivity index (χ0) is 28.8. The van der Waals surface area contributed by atoms with E-state index < -0.39 is 51.5 Å². The number of carbonyl (C=O) groups is 2. The van der Waals surface area contributed by atoms with Gasteiger partial charge in [-0.05, 0) is 70.9 Å². The van der Waals surface area contributed by atoms with Gasteiger partial charge in [0.05, 0.1) is 23.3 Å². The Labute approximate surface area is 233 Å². The summed E-state index contributed by atoms with van der Waals surface area (Å²) in [5.41, 5.74) is 1.09. The highest BCUT2D eigenvalue weighted by atomic mass is 31.3. The van der Waals surface area contributed by atoms with Gasteiger partial charge in [-0.15, -0.1) is 0 Å². The van der Waals surface area contributed by atoms with Crippen molar-refractivity contribution in [2.24, 2.45) is 0 Å². The van der Waals surface area contributed by atoms with Crippen molar-refractivity contribution in [3.05, 3.63) is 65.0 Å². The number of unbranched alkanes of at least 4 members (excludes halogenated alkanes) is 1. The molecule has 13 heteroatoms. The van der Waals surface area contributed by atoms with Gasteiger partial charge in [-0.25, -0.2) is 4.39 Å². The number of carbonyl (C=O) groups excluding carboxylic acids is 2. The van der Waals surface area contributed by atoms with E-state index in [-0.39, 0.29) is 30.7 Å². The van der Waals surface area contributed by atoms with Gasteiger partial charge in [0.15, 0.2) is 11.6 Å². The first-order valence-corrected chi connectivity index (χ1v) is 16.6. The quantitative estimate of drug-likeness (QED) is 0.221. The Balaban J connectivity index is 1.28. The summed E-state index contributed by atoms with van der Waals surface area (Å²) >= 11 is 0. The van der Waals surface area contributed by atoms with Gasteiger partial charge in [0.25, 0.3) is 11.8 Å². The van der Waals surface area contributed by atoms with Crippen molar-refractivity contribution in [2.75, 3.05) is 13.2 Å². The van der Waals surface area contributed by atoms with Gasteiger partial charge in [0.2, 0.25) is 0 Å². The highest BCUT2D eigenvalue weighted by Crippen LogP contribution is 2.90. The number of ether oxygens (including phenoxy) is 1. The molecule has 3 heterocycles. The van der Waals surface area contributed by atoms with E-state index in [1.54, 1.807) is 52.0 Å². The maximum absolute atomic E-state index is 14.8. The van der Waals surface area contributed by atoms with Crippen LogP contribution in [0.15, 0.2) is 42.5 Å². The van der Waals surface area contributed by atoms with Gasteiger partial charge in [-0.1, -0.05) is 12.1 Å². The second kappa shape index (κ2) is 11.3. The number of amides is 2. The van der Waals surface area contributed by atoms with Gasteiger partial charge < -0.3 is 4.74 Å². The summed E-state index contributed by atoms with van der Waals surface area (Å²) in [6.07, 6.45) is -0.865. The van der Waals surface area contributed by atoms with E-state index in [1.165, 1.54) is 23.1 Å². The van der Waals surface area contributed by atoms with E-state index in [0.29, 0.717) is 29.5 Å². The Hall–Kier alpha value is -2.07. The molecule has 0 saturated carbocycles. The van der Waals surface area contributed by atoms with E-state index in [1.807, 2.05) is 0 Å². The van der Waals surface area contributed by atoms with Crippen LogP contribution in [0.25, 0.3) is 0 Å². The first-order valence-electron chi connectivity index (χ1n) is 13.3. The smallest absolute Gasteiger partial charge is 0.465 e. The van der Waals surface area contributed by atoms with Crippen molar-refractivity contribution in [3.8, 4) is 5.75 Å². The first kappa shape index (κ1) is 29.4. The summed E-state index contributed by atoms with van der Waals surface area (Å²) in [6, 6.07) is 10.7. The number of imide groups is 1. The fourth-order valence-corrected chi connectivity index (χ4v) is 11.3. The van der Waals surface area contributed by atoms with Gasteiger partial charge >= 0.3 is 21.3 Å². The average molecular weight is 598 g/mol. The molecule has 2 aromatic rings. The number of rotatable bonds is 9. The molecule has 2 unspecified atom stereocenters. The van der Waals surface area contributed by atoms with Crippen LogP contribution in [0, 0.1) is 5.82 Å². The molecule has 2 N–H and O–H groups in total. The molecule has 3 aliphatic rings. The topological polar surface area (TPSA) is 124 Å². The van der Waals surface area contributed by atoms with E-state index in [9.17, 15) is 23.8 Å². The minimum atomic E-state index is -3.75. The normalized spacial score (nSPS) is 32.5. The summed E-state index contributed by atoms with van der Waals surface area (Å²) in [6.45, 7) is 7.34. The van der Waals surface area contributed by atoms with Crippen molar-refractivity contribution >= 4 is 27.7 Å². The number of nitrogens with zero attached hydrogens (tertiary/aromatic N) is 1. The van der Waals surface area contributed by atoms with Crippen LogP contribution in [0.4, 0.5) is 4.39 Å². The monoisotopic (exact) mass is 597 g/mol. The third kappa shape index (κ3) is 5.42. The molecule has 0 aliphatic carbocycles. The van der Waals surface area contributed by atoms with E-state index in [2.05, 4.69) is 0 Å². The van der Waals surface area contributed by atoms with Crippen LogP contribution >= 0.6 is 15.9 Å². The van der Waals surface area contributed by atoms with E-state index in [0.717, 1.165) is 0 Å². The largest absolute Gasteiger partial charge is 0.491 e. The summed E-state index contributed by atoms with van der Waals surface area (Å²) < 4.78 is 43.9. The van der Waals surface area contributed by atoms with Crippen LogP contribution < -0.4 is 4.74 Å². The number of halogens is 1.